The largest absolute Gasteiger partial charge is 0.481 e. The zero-order valence-corrected chi connectivity index (χ0v) is 19.3. The highest BCUT2D eigenvalue weighted by molar-refractivity contribution is 14.0. The van der Waals surface area contributed by atoms with Crippen LogP contribution in [-0.2, 0) is 13.1 Å². The van der Waals surface area contributed by atoms with Crippen molar-refractivity contribution in [1.29, 1.82) is 0 Å². The Bertz CT molecular complexity index is 912. The number of ether oxygens (including phenoxy) is 1. The van der Waals surface area contributed by atoms with E-state index in [4.69, 9.17) is 9.73 Å². The molecule has 2 N–H and O–H groups in total. The summed E-state index contributed by atoms with van der Waals surface area (Å²) in [7, 11) is 3.60. The molecule has 0 saturated carbocycles. The van der Waals surface area contributed by atoms with E-state index in [-0.39, 0.29) is 24.0 Å². The number of aromatic nitrogens is 3. The number of guanidine groups is 1. The Morgan fingerprint density at radius 1 is 1.17 bits per heavy atom. The van der Waals surface area contributed by atoms with Crippen LogP contribution in [0.15, 0.2) is 59.7 Å². The minimum Gasteiger partial charge on any atom is -0.481 e. The monoisotopic (exact) mass is 506 g/mol. The Balaban J connectivity index is 0.00000300. The quantitative estimate of drug-likeness (QED) is 0.291. The number of nitrogens with one attached hydrogen (secondary N) is 2. The van der Waals surface area contributed by atoms with Crippen LogP contribution in [0.1, 0.15) is 18.4 Å². The van der Waals surface area contributed by atoms with Gasteiger partial charge in [0.2, 0.25) is 5.88 Å². The third-order valence-electron chi connectivity index (χ3n) is 4.18. The SMILES string of the molecule is CCNC(=NCc1cccc(OC)n1)N(C)Cc1ncc(-c2ccccc2)[nH]1.I. The van der Waals surface area contributed by atoms with E-state index in [0.717, 1.165) is 35.3 Å². The van der Waals surface area contributed by atoms with Crippen molar-refractivity contribution in [3.63, 3.8) is 0 Å². The number of methoxy groups -OCH3 is 1. The van der Waals surface area contributed by atoms with Gasteiger partial charge in [-0.3, -0.25) is 0 Å². The number of H-pyrrole nitrogens is 1. The number of aromatic amines is 1. The average Bonchev–Trinajstić information content (AvgIpc) is 3.20. The first-order valence-corrected chi connectivity index (χ1v) is 9.28. The number of imidazole rings is 1. The molecule has 0 amide bonds. The van der Waals surface area contributed by atoms with Gasteiger partial charge >= 0.3 is 0 Å². The smallest absolute Gasteiger partial charge is 0.213 e. The van der Waals surface area contributed by atoms with Crippen molar-refractivity contribution in [2.75, 3.05) is 20.7 Å². The summed E-state index contributed by atoms with van der Waals surface area (Å²) in [6.07, 6.45) is 1.86. The van der Waals surface area contributed by atoms with Crippen molar-refractivity contribution in [3.05, 3.63) is 66.2 Å². The lowest BCUT2D eigenvalue weighted by molar-refractivity contribution is 0.396. The summed E-state index contributed by atoms with van der Waals surface area (Å²) in [6.45, 7) is 3.91. The first kappa shape index (κ1) is 22.7. The highest BCUT2D eigenvalue weighted by atomic mass is 127. The third-order valence-corrected chi connectivity index (χ3v) is 4.18. The highest BCUT2D eigenvalue weighted by Crippen LogP contribution is 2.16. The molecule has 0 aliphatic rings. The Hall–Kier alpha value is -2.62. The first-order chi connectivity index (χ1) is 13.7. The standard InChI is InChI=1S/C21H26N6O.HI/c1-4-22-21(24-13-17-11-8-12-20(25-17)28-3)27(2)15-19-23-14-18(26-19)16-9-6-5-7-10-16;/h5-12,14H,4,13,15H2,1-3H3,(H,22,24)(H,23,26);1H. The number of hydrogen-bond donors (Lipinski definition) is 2. The number of aliphatic imine (C=N–C) groups is 1. The fourth-order valence-electron chi connectivity index (χ4n) is 2.79. The van der Waals surface area contributed by atoms with E-state index in [9.17, 15) is 0 Å². The molecule has 3 aromatic rings. The normalized spacial score (nSPS) is 10.9. The Morgan fingerprint density at radius 2 is 1.97 bits per heavy atom. The van der Waals surface area contributed by atoms with E-state index in [2.05, 4.69) is 32.4 Å². The van der Waals surface area contributed by atoms with Crippen LogP contribution in [0.4, 0.5) is 0 Å². The fraction of sp³-hybridized carbons (Fsp3) is 0.286. The molecule has 2 aromatic heterocycles. The zero-order chi connectivity index (χ0) is 19.8. The van der Waals surface area contributed by atoms with Crippen molar-refractivity contribution in [2.45, 2.75) is 20.0 Å². The van der Waals surface area contributed by atoms with Gasteiger partial charge in [0.1, 0.15) is 5.82 Å². The van der Waals surface area contributed by atoms with Gasteiger partial charge in [0.15, 0.2) is 5.96 Å². The van der Waals surface area contributed by atoms with Gasteiger partial charge in [-0.2, -0.15) is 0 Å². The number of pyridine rings is 1. The summed E-state index contributed by atoms with van der Waals surface area (Å²) in [5, 5.41) is 3.32. The fourth-order valence-corrected chi connectivity index (χ4v) is 2.79. The van der Waals surface area contributed by atoms with Crippen molar-refractivity contribution in [2.24, 2.45) is 4.99 Å². The maximum Gasteiger partial charge on any atom is 0.213 e. The lowest BCUT2D eigenvalue weighted by atomic mass is 10.2. The van der Waals surface area contributed by atoms with E-state index >= 15 is 0 Å². The lowest BCUT2D eigenvalue weighted by Gasteiger charge is -2.21. The van der Waals surface area contributed by atoms with Gasteiger partial charge in [0.05, 0.1) is 37.8 Å². The predicted octanol–water partition coefficient (Wildman–Crippen LogP) is 3.70. The van der Waals surface area contributed by atoms with Gasteiger partial charge in [-0.25, -0.2) is 15.0 Å². The van der Waals surface area contributed by atoms with Gasteiger partial charge in [0, 0.05) is 19.7 Å². The molecule has 8 heteroatoms. The molecule has 29 heavy (non-hydrogen) atoms. The van der Waals surface area contributed by atoms with Crippen LogP contribution in [0.25, 0.3) is 11.3 Å². The van der Waals surface area contributed by atoms with Crippen LogP contribution in [-0.4, -0.2) is 46.5 Å². The molecule has 0 atom stereocenters. The molecule has 2 heterocycles. The van der Waals surface area contributed by atoms with Crippen molar-refractivity contribution in [1.82, 2.24) is 25.2 Å². The van der Waals surface area contributed by atoms with Gasteiger partial charge in [0.25, 0.3) is 0 Å². The zero-order valence-electron chi connectivity index (χ0n) is 16.9. The molecule has 0 radical (unpaired) electrons. The summed E-state index contributed by atoms with van der Waals surface area (Å²) < 4.78 is 5.18. The second kappa shape index (κ2) is 11.4. The average molecular weight is 506 g/mol. The number of halogens is 1. The Labute approximate surface area is 188 Å². The van der Waals surface area contributed by atoms with E-state index in [1.54, 1.807) is 7.11 Å². The van der Waals surface area contributed by atoms with Crippen LogP contribution in [0.2, 0.25) is 0 Å². The van der Waals surface area contributed by atoms with Gasteiger partial charge in [-0.15, -0.1) is 24.0 Å². The number of rotatable bonds is 7. The molecule has 0 fully saturated rings. The molecule has 1 aromatic carbocycles. The minimum absolute atomic E-state index is 0. The maximum atomic E-state index is 5.18. The molecule has 0 bridgehead atoms. The Kier molecular flexibility index (Phi) is 8.91. The van der Waals surface area contributed by atoms with Crippen LogP contribution in [0.3, 0.4) is 0 Å². The molecular weight excluding hydrogens is 479 g/mol. The van der Waals surface area contributed by atoms with E-state index < -0.39 is 0 Å². The molecule has 0 aliphatic carbocycles. The molecule has 0 saturated heterocycles. The summed E-state index contributed by atoms with van der Waals surface area (Å²) in [5.74, 6) is 2.27. The maximum absolute atomic E-state index is 5.18. The van der Waals surface area contributed by atoms with E-state index in [1.165, 1.54) is 0 Å². The topological polar surface area (TPSA) is 78.4 Å². The molecule has 7 nitrogen and oxygen atoms in total. The van der Waals surface area contributed by atoms with Crippen LogP contribution >= 0.6 is 24.0 Å². The summed E-state index contributed by atoms with van der Waals surface area (Å²) in [6, 6.07) is 15.8. The van der Waals surface area contributed by atoms with Gasteiger partial charge in [-0.05, 0) is 18.6 Å². The molecule has 3 rings (SSSR count). The Morgan fingerprint density at radius 3 is 2.69 bits per heavy atom. The number of benzene rings is 1. The summed E-state index contributed by atoms with van der Waals surface area (Å²) in [5.41, 5.74) is 2.98. The lowest BCUT2D eigenvalue weighted by Crippen LogP contribution is -2.38. The van der Waals surface area contributed by atoms with E-state index in [0.29, 0.717) is 19.0 Å². The van der Waals surface area contributed by atoms with Crippen molar-refractivity contribution in [3.8, 4) is 17.1 Å². The molecule has 0 unspecified atom stereocenters. The van der Waals surface area contributed by atoms with Crippen LogP contribution in [0, 0.1) is 0 Å². The third kappa shape index (κ3) is 6.45. The minimum atomic E-state index is 0. The number of nitrogens with zero attached hydrogens (tertiary/aromatic N) is 4. The summed E-state index contributed by atoms with van der Waals surface area (Å²) in [4.78, 5) is 19.0. The molecule has 154 valence electrons. The molecule has 0 aliphatic heterocycles. The highest BCUT2D eigenvalue weighted by Gasteiger charge is 2.10. The van der Waals surface area contributed by atoms with Crippen LogP contribution < -0.4 is 10.1 Å². The van der Waals surface area contributed by atoms with Crippen molar-refractivity contribution >= 4 is 29.9 Å². The summed E-state index contributed by atoms with van der Waals surface area (Å²) >= 11 is 0. The first-order valence-electron chi connectivity index (χ1n) is 9.28. The van der Waals surface area contributed by atoms with E-state index in [1.807, 2.05) is 61.5 Å². The van der Waals surface area contributed by atoms with Gasteiger partial charge in [-0.1, -0.05) is 36.4 Å². The number of hydrogen-bond acceptors (Lipinski definition) is 4. The second-order valence-corrected chi connectivity index (χ2v) is 6.31. The predicted molar refractivity (Wildman–Crippen MR) is 127 cm³/mol. The van der Waals surface area contributed by atoms with Gasteiger partial charge < -0.3 is 19.9 Å². The molecule has 0 spiro atoms. The van der Waals surface area contributed by atoms with Crippen LogP contribution in [0.5, 0.6) is 5.88 Å². The molecular formula is C21H27IN6O. The van der Waals surface area contributed by atoms with Crippen molar-refractivity contribution < 1.29 is 4.74 Å². The second-order valence-electron chi connectivity index (χ2n) is 6.31.